The molecule has 0 N–H and O–H groups in total. The lowest BCUT2D eigenvalue weighted by Crippen LogP contribution is -2.53. The van der Waals surface area contributed by atoms with Crippen molar-refractivity contribution in [3.8, 4) is 5.75 Å². The van der Waals surface area contributed by atoms with Gasteiger partial charge in [0.2, 0.25) is 0 Å². The lowest BCUT2D eigenvalue weighted by Gasteiger charge is -2.40. The van der Waals surface area contributed by atoms with Gasteiger partial charge >= 0.3 is 0 Å². The van der Waals surface area contributed by atoms with Gasteiger partial charge in [-0.05, 0) is 24.3 Å². The minimum Gasteiger partial charge on any atom is -0.488 e. The molecule has 0 heterocycles. The molecule has 1 saturated carbocycles. The fourth-order valence-electron chi connectivity index (χ4n) is 2.06. The van der Waals surface area contributed by atoms with Crippen LogP contribution in [0.2, 0.25) is 0 Å². The summed E-state index contributed by atoms with van der Waals surface area (Å²) in [6, 6.07) is 6.35. The maximum absolute atomic E-state index is 11.4. The Kier molecular flexibility index (Phi) is 5.48. The van der Waals surface area contributed by atoms with Crippen molar-refractivity contribution in [2.75, 3.05) is 26.6 Å². The first-order valence-electron chi connectivity index (χ1n) is 6.63. The summed E-state index contributed by atoms with van der Waals surface area (Å²) in [6.45, 7) is 0.979. The molecule has 3 unspecified atom stereocenters. The van der Waals surface area contributed by atoms with Gasteiger partial charge in [-0.1, -0.05) is 0 Å². The molecule has 1 aromatic carbocycles. The topological polar surface area (TPSA) is 61.8 Å². The van der Waals surface area contributed by atoms with Gasteiger partial charge in [-0.25, -0.2) is 8.42 Å². The van der Waals surface area contributed by atoms with E-state index in [0.29, 0.717) is 25.4 Å². The maximum atomic E-state index is 11.4. The van der Waals surface area contributed by atoms with Crippen LogP contribution in [0.4, 0.5) is 0 Å². The normalized spacial score (nSPS) is 25.4. The summed E-state index contributed by atoms with van der Waals surface area (Å²) >= 11 is 6.11. The molecule has 7 heteroatoms. The molecule has 0 saturated heterocycles. The molecule has 0 bridgehead atoms. The van der Waals surface area contributed by atoms with Gasteiger partial charge < -0.3 is 14.2 Å². The summed E-state index contributed by atoms with van der Waals surface area (Å²) in [4.78, 5) is 0.270. The van der Waals surface area contributed by atoms with Crippen molar-refractivity contribution in [3.05, 3.63) is 24.3 Å². The van der Waals surface area contributed by atoms with Gasteiger partial charge in [0.05, 0.1) is 23.5 Å². The third-order valence-electron chi connectivity index (χ3n) is 3.32. The van der Waals surface area contributed by atoms with Gasteiger partial charge in [0, 0.05) is 19.8 Å². The number of hydrogen-bond donors (Lipinski definition) is 0. The van der Waals surface area contributed by atoms with Crippen molar-refractivity contribution in [2.24, 2.45) is 0 Å². The minimum absolute atomic E-state index is 0.0675. The van der Waals surface area contributed by atoms with Gasteiger partial charge in [-0.3, -0.25) is 0 Å². The molecule has 0 aromatic heterocycles. The number of ether oxygens (including phenoxy) is 3. The van der Waals surface area contributed by atoms with Crippen LogP contribution in [-0.2, 0) is 19.3 Å². The zero-order valence-electron chi connectivity index (χ0n) is 12.0. The summed E-state index contributed by atoms with van der Waals surface area (Å²) in [5.74, 6) is 0.608. The van der Waals surface area contributed by atoms with Crippen LogP contribution in [0.5, 0.6) is 5.75 Å². The lowest BCUT2D eigenvalue weighted by atomic mass is 9.91. The molecule has 2 rings (SSSR count). The fraction of sp³-hybridized carbons (Fsp3) is 0.571. The Hall–Kier alpha value is -0.820. The summed E-state index contributed by atoms with van der Waals surface area (Å²) < 4.78 is 39.1. The Morgan fingerprint density at radius 3 is 2.43 bits per heavy atom. The summed E-state index contributed by atoms with van der Waals surface area (Å²) in [5, 5.41) is -0.0675. The van der Waals surface area contributed by atoms with Crippen LogP contribution in [0.1, 0.15) is 6.42 Å². The van der Waals surface area contributed by atoms with E-state index in [-0.39, 0.29) is 22.5 Å². The highest BCUT2D eigenvalue weighted by Gasteiger charge is 2.42. The van der Waals surface area contributed by atoms with Gasteiger partial charge in [-0.15, -0.1) is 11.6 Å². The number of hydrogen-bond acceptors (Lipinski definition) is 5. The number of alkyl halides is 1. The van der Waals surface area contributed by atoms with Crippen molar-refractivity contribution in [2.45, 2.75) is 28.9 Å². The minimum atomic E-state index is -3.19. The fourth-order valence-corrected chi connectivity index (χ4v) is 3.10. The van der Waals surface area contributed by atoms with Crippen LogP contribution < -0.4 is 4.74 Å². The van der Waals surface area contributed by atoms with Crippen LogP contribution in [0.25, 0.3) is 0 Å². The van der Waals surface area contributed by atoms with E-state index in [9.17, 15) is 8.42 Å². The van der Waals surface area contributed by atoms with E-state index in [1.165, 1.54) is 18.4 Å². The first-order chi connectivity index (χ1) is 9.91. The molecule has 21 heavy (non-hydrogen) atoms. The number of halogens is 1. The molecule has 5 nitrogen and oxygen atoms in total. The van der Waals surface area contributed by atoms with Crippen molar-refractivity contribution < 1.29 is 22.6 Å². The predicted molar refractivity (Wildman–Crippen MR) is 79.8 cm³/mol. The molecule has 1 aliphatic carbocycles. The number of methoxy groups -OCH3 is 1. The predicted octanol–water partition coefficient (Wildman–Crippen LogP) is 1.88. The van der Waals surface area contributed by atoms with Crippen molar-refractivity contribution in [3.63, 3.8) is 0 Å². The Bertz CT molecular complexity index is 557. The van der Waals surface area contributed by atoms with Crippen LogP contribution in [0.3, 0.4) is 0 Å². The molecule has 1 fully saturated rings. The van der Waals surface area contributed by atoms with E-state index in [0.717, 1.165) is 0 Å². The first-order valence-corrected chi connectivity index (χ1v) is 8.96. The SMILES string of the molecule is COCCOC1C(Cl)CC1Oc1ccc(S(C)(=O)=O)cc1. The smallest absolute Gasteiger partial charge is 0.175 e. The lowest BCUT2D eigenvalue weighted by molar-refractivity contribution is -0.0898. The molecule has 0 radical (unpaired) electrons. The molecule has 0 aliphatic heterocycles. The van der Waals surface area contributed by atoms with Crippen LogP contribution in [0.15, 0.2) is 29.2 Å². The molecule has 0 spiro atoms. The summed E-state index contributed by atoms with van der Waals surface area (Å²) in [6.07, 6.45) is 1.59. The highest BCUT2D eigenvalue weighted by atomic mass is 35.5. The van der Waals surface area contributed by atoms with Crippen LogP contribution in [0, 0.1) is 0 Å². The first kappa shape index (κ1) is 16.5. The zero-order valence-corrected chi connectivity index (χ0v) is 13.6. The highest BCUT2D eigenvalue weighted by Crippen LogP contribution is 2.33. The highest BCUT2D eigenvalue weighted by molar-refractivity contribution is 7.90. The maximum Gasteiger partial charge on any atom is 0.175 e. The molecular weight excluding hydrogens is 316 g/mol. The largest absolute Gasteiger partial charge is 0.488 e. The van der Waals surface area contributed by atoms with Crippen molar-refractivity contribution in [1.29, 1.82) is 0 Å². The van der Waals surface area contributed by atoms with E-state index < -0.39 is 9.84 Å². The third-order valence-corrected chi connectivity index (χ3v) is 4.87. The van der Waals surface area contributed by atoms with Gasteiger partial charge in [0.25, 0.3) is 0 Å². The summed E-state index contributed by atoms with van der Waals surface area (Å²) in [5.41, 5.74) is 0. The quantitative estimate of drug-likeness (QED) is 0.563. The Labute approximate surface area is 130 Å². The van der Waals surface area contributed by atoms with E-state index in [1.54, 1.807) is 19.2 Å². The average molecular weight is 335 g/mol. The van der Waals surface area contributed by atoms with E-state index >= 15 is 0 Å². The second-order valence-corrected chi connectivity index (χ2v) is 7.56. The van der Waals surface area contributed by atoms with Gasteiger partial charge in [0.1, 0.15) is 18.0 Å². The van der Waals surface area contributed by atoms with Gasteiger partial charge in [0.15, 0.2) is 9.84 Å². The second-order valence-electron chi connectivity index (χ2n) is 4.98. The molecule has 1 aliphatic rings. The zero-order chi connectivity index (χ0) is 15.5. The number of rotatable bonds is 7. The van der Waals surface area contributed by atoms with Crippen LogP contribution >= 0.6 is 11.6 Å². The van der Waals surface area contributed by atoms with Crippen molar-refractivity contribution in [1.82, 2.24) is 0 Å². The second kappa shape index (κ2) is 6.96. The average Bonchev–Trinajstić information content (AvgIpc) is 2.42. The summed E-state index contributed by atoms with van der Waals surface area (Å²) in [7, 11) is -1.58. The molecule has 118 valence electrons. The standard InChI is InChI=1S/C14H19ClO5S/c1-18-7-8-19-14-12(15)9-13(14)20-10-3-5-11(6-4-10)21(2,16)17/h3-6,12-14H,7-9H2,1-2H3. The Morgan fingerprint density at radius 1 is 1.24 bits per heavy atom. The van der Waals surface area contributed by atoms with Crippen LogP contribution in [-0.4, -0.2) is 52.6 Å². The van der Waals surface area contributed by atoms with Crippen molar-refractivity contribution >= 4 is 21.4 Å². The molecule has 0 amide bonds. The molecular formula is C14H19ClO5S. The monoisotopic (exact) mass is 334 g/mol. The Morgan fingerprint density at radius 2 is 1.90 bits per heavy atom. The van der Waals surface area contributed by atoms with Gasteiger partial charge in [-0.2, -0.15) is 0 Å². The number of sulfone groups is 1. The molecule has 1 aromatic rings. The van der Waals surface area contributed by atoms with E-state index in [1.807, 2.05) is 0 Å². The third kappa shape index (κ3) is 4.32. The van der Waals surface area contributed by atoms with E-state index in [4.69, 9.17) is 25.8 Å². The Balaban J connectivity index is 1.92. The number of benzene rings is 1. The van der Waals surface area contributed by atoms with E-state index in [2.05, 4.69) is 0 Å². The molecule has 3 atom stereocenters.